The Morgan fingerprint density at radius 1 is 1.26 bits per heavy atom. The molecule has 1 N–H and O–H groups in total. The van der Waals surface area contributed by atoms with Crippen molar-refractivity contribution in [2.75, 3.05) is 30.6 Å². The number of sulfonamides is 1. The van der Waals surface area contributed by atoms with Crippen LogP contribution in [0.25, 0.3) is 0 Å². The maximum absolute atomic E-state index is 11.9. The fraction of sp³-hybridized carbons (Fsp3) is 0.500. The average molecular weight is 308 g/mol. The lowest BCUT2D eigenvalue weighted by molar-refractivity contribution is 0.355. The van der Waals surface area contributed by atoms with Gasteiger partial charge in [0.15, 0.2) is 11.5 Å². The van der Waals surface area contributed by atoms with Gasteiger partial charge in [0.2, 0.25) is 10.0 Å². The van der Waals surface area contributed by atoms with Crippen LogP contribution < -0.4 is 14.2 Å². The third-order valence-electron chi connectivity index (χ3n) is 2.42. The first-order valence-corrected chi connectivity index (χ1v) is 7.89. The van der Waals surface area contributed by atoms with Crippen LogP contribution in [-0.2, 0) is 10.0 Å². The molecule has 0 amide bonds. The molecule has 0 aromatic heterocycles. The van der Waals surface area contributed by atoms with Crippen LogP contribution in [0.5, 0.6) is 11.5 Å². The molecule has 1 rings (SSSR count). The highest BCUT2D eigenvalue weighted by Crippen LogP contribution is 2.30. The zero-order chi connectivity index (χ0) is 14.5. The van der Waals surface area contributed by atoms with E-state index in [1.807, 2.05) is 0 Å². The quantitative estimate of drug-likeness (QED) is 0.785. The highest BCUT2D eigenvalue weighted by atomic mass is 35.5. The minimum absolute atomic E-state index is 0.0230. The van der Waals surface area contributed by atoms with Gasteiger partial charge in [0.1, 0.15) is 0 Å². The number of hydrogen-bond donors (Lipinski definition) is 1. The fourth-order valence-electron chi connectivity index (χ4n) is 1.54. The lowest BCUT2D eigenvalue weighted by Gasteiger charge is -2.13. The molecule has 5 nitrogen and oxygen atoms in total. The van der Waals surface area contributed by atoms with Gasteiger partial charge in [0.05, 0.1) is 25.7 Å². The molecule has 0 aliphatic carbocycles. The van der Waals surface area contributed by atoms with Gasteiger partial charge in [-0.1, -0.05) is 6.92 Å². The summed E-state index contributed by atoms with van der Waals surface area (Å²) < 4.78 is 36.4. The van der Waals surface area contributed by atoms with Gasteiger partial charge in [-0.05, 0) is 18.1 Å². The number of rotatable bonds is 7. The number of alkyl halides is 1. The standard InChI is InChI=1S/C12H18ClNO4S/c1-9(7-13)8-19(15,16)14-10-4-5-11(17-2)12(6-10)18-3/h4-6,9,14H,7-8H2,1-3H3. The normalized spacial score (nSPS) is 12.8. The SMILES string of the molecule is COc1ccc(NS(=O)(=O)CC(C)CCl)cc1OC. The van der Waals surface area contributed by atoms with Crippen molar-refractivity contribution >= 4 is 27.3 Å². The molecule has 1 aromatic rings. The minimum atomic E-state index is -3.42. The number of hydrogen-bond acceptors (Lipinski definition) is 4. The van der Waals surface area contributed by atoms with Crippen molar-refractivity contribution < 1.29 is 17.9 Å². The average Bonchev–Trinajstić information content (AvgIpc) is 2.37. The summed E-state index contributed by atoms with van der Waals surface area (Å²) in [7, 11) is -0.412. The summed E-state index contributed by atoms with van der Waals surface area (Å²) in [6, 6.07) is 4.83. The van der Waals surface area contributed by atoms with Gasteiger partial charge in [0, 0.05) is 11.9 Å². The van der Waals surface area contributed by atoms with E-state index in [9.17, 15) is 8.42 Å². The van der Waals surface area contributed by atoms with Crippen LogP contribution >= 0.6 is 11.6 Å². The Balaban J connectivity index is 2.88. The van der Waals surface area contributed by atoms with Crippen molar-refractivity contribution in [1.82, 2.24) is 0 Å². The molecule has 0 spiro atoms. The number of ether oxygens (including phenoxy) is 2. The van der Waals surface area contributed by atoms with Gasteiger partial charge in [-0.15, -0.1) is 11.6 Å². The third-order valence-corrected chi connectivity index (χ3v) is 4.51. The second-order valence-corrected chi connectivity index (χ2v) is 6.29. The van der Waals surface area contributed by atoms with E-state index < -0.39 is 10.0 Å². The van der Waals surface area contributed by atoms with Crippen LogP contribution in [0.2, 0.25) is 0 Å². The van der Waals surface area contributed by atoms with Crippen LogP contribution in [0.1, 0.15) is 6.92 Å². The van der Waals surface area contributed by atoms with Gasteiger partial charge in [0.25, 0.3) is 0 Å². The maximum Gasteiger partial charge on any atom is 0.233 e. The molecular formula is C12H18ClNO4S. The van der Waals surface area contributed by atoms with Gasteiger partial charge in [-0.25, -0.2) is 8.42 Å². The molecule has 0 fully saturated rings. The van der Waals surface area contributed by atoms with Crippen LogP contribution in [0.4, 0.5) is 5.69 Å². The maximum atomic E-state index is 11.9. The van der Waals surface area contributed by atoms with Crippen LogP contribution in [-0.4, -0.2) is 34.3 Å². The predicted molar refractivity (Wildman–Crippen MR) is 76.8 cm³/mol. The summed E-state index contributed by atoms with van der Waals surface area (Å²) >= 11 is 5.62. The molecule has 108 valence electrons. The Morgan fingerprint density at radius 3 is 2.42 bits per heavy atom. The summed E-state index contributed by atoms with van der Waals surface area (Å²) in [5.41, 5.74) is 0.430. The third kappa shape index (κ3) is 4.80. The van der Waals surface area contributed by atoms with Crippen LogP contribution in [0.3, 0.4) is 0 Å². The summed E-state index contributed by atoms with van der Waals surface area (Å²) in [5, 5.41) is 0. The second kappa shape index (κ2) is 6.86. The van der Waals surface area contributed by atoms with Gasteiger partial charge in [-0.3, -0.25) is 4.72 Å². The molecule has 0 heterocycles. The Labute approximate surface area is 118 Å². The monoisotopic (exact) mass is 307 g/mol. The van der Waals surface area contributed by atoms with Crippen molar-refractivity contribution in [1.29, 1.82) is 0 Å². The molecule has 0 radical (unpaired) electrons. The van der Waals surface area contributed by atoms with Gasteiger partial charge in [-0.2, -0.15) is 0 Å². The number of benzene rings is 1. The molecule has 7 heteroatoms. The molecule has 1 unspecified atom stereocenters. The van der Waals surface area contributed by atoms with E-state index in [0.29, 0.717) is 23.1 Å². The van der Waals surface area contributed by atoms with E-state index in [0.717, 1.165) is 0 Å². The number of anilines is 1. The lowest BCUT2D eigenvalue weighted by atomic mass is 10.3. The second-order valence-electron chi connectivity index (χ2n) is 4.21. The summed E-state index contributed by atoms with van der Waals surface area (Å²) in [4.78, 5) is 0. The van der Waals surface area contributed by atoms with E-state index in [2.05, 4.69) is 4.72 Å². The van der Waals surface area contributed by atoms with E-state index in [1.54, 1.807) is 25.1 Å². The molecule has 0 saturated heterocycles. The topological polar surface area (TPSA) is 64.6 Å². The van der Waals surface area contributed by atoms with Crippen molar-refractivity contribution in [2.45, 2.75) is 6.92 Å². The Morgan fingerprint density at radius 2 is 1.89 bits per heavy atom. The van der Waals surface area contributed by atoms with Crippen LogP contribution in [0.15, 0.2) is 18.2 Å². The van der Waals surface area contributed by atoms with Crippen LogP contribution in [0, 0.1) is 5.92 Å². The summed E-state index contributed by atoms with van der Waals surface area (Å²) in [5.74, 6) is 1.17. The van der Waals surface area contributed by atoms with E-state index in [1.165, 1.54) is 14.2 Å². The Hall–Kier alpha value is -1.14. The highest BCUT2D eigenvalue weighted by molar-refractivity contribution is 7.92. The number of methoxy groups -OCH3 is 2. The molecule has 19 heavy (non-hydrogen) atoms. The fourth-order valence-corrected chi connectivity index (χ4v) is 3.21. The summed E-state index contributed by atoms with van der Waals surface area (Å²) in [6.07, 6.45) is 0. The molecule has 0 saturated carbocycles. The summed E-state index contributed by atoms with van der Waals surface area (Å²) in [6.45, 7) is 1.78. The van der Waals surface area contributed by atoms with Crippen molar-refractivity contribution in [3.05, 3.63) is 18.2 Å². The van der Waals surface area contributed by atoms with Crippen molar-refractivity contribution in [3.63, 3.8) is 0 Å². The number of nitrogens with one attached hydrogen (secondary N) is 1. The molecule has 0 aliphatic heterocycles. The zero-order valence-electron chi connectivity index (χ0n) is 11.1. The van der Waals surface area contributed by atoms with E-state index in [4.69, 9.17) is 21.1 Å². The molecule has 1 atom stereocenters. The van der Waals surface area contributed by atoms with Crippen molar-refractivity contribution in [3.8, 4) is 11.5 Å². The first kappa shape index (κ1) is 15.9. The highest BCUT2D eigenvalue weighted by Gasteiger charge is 2.16. The van der Waals surface area contributed by atoms with Crippen molar-refractivity contribution in [2.24, 2.45) is 5.92 Å². The lowest BCUT2D eigenvalue weighted by Crippen LogP contribution is -2.22. The first-order valence-electron chi connectivity index (χ1n) is 5.70. The molecule has 0 bridgehead atoms. The molecular weight excluding hydrogens is 290 g/mol. The Kier molecular flexibility index (Phi) is 5.75. The number of halogens is 1. The van der Waals surface area contributed by atoms with E-state index >= 15 is 0 Å². The largest absolute Gasteiger partial charge is 0.493 e. The predicted octanol–water partition coefficient (Wildman–Crippen LogP) is 2.32. The molecule has 0 aliphatic rings. The van der Waals surface area contributed by atoms with Gasteiger partial charge < -0.3 is 9.47 Å². The zero-order valence-corrected chi connectivity index (χ0v) is 12.7. The van der Waals surface area contributed by atoms with E-state index in [-0.39, 0.29) is 11.7 Å². The Bertz CT molecular complexity index is 518. The minimum Gasteiger partial charge on any atom is -0.493 e. The smallest absolute Gasteiger partial charge is 0.233 e. The molecule has 1 aromatic carbocycles. The van der Waals surface area contributed by atoms with Gasteiger partial charge >= 0.3 is 0 Å². The first-order chi connectivity index (χ1) is 8.91.